The van der Waals surface area contributed by atoms with E-state index in [1.54, 1.807) is 29.0 Å². The third kappa shape index (κ3) is 2.37. The lowest BCUT2D eigenvalue weighted by Crippen LogP contribution is -2.11. The van der Waals surface area contributed by atoms with E-state index in [1.807, 2.05) is 26.0 Å². The van der Waals surface area contributed by atoms with Crippen LogP contribution in [0.5, 0.6) is 5.75 Å². The van der Waals surface area contributed by atoms with Crippen molar-refractivity contribution in [3.63, 3.8) is 0 Å². The number of aromatic nitrogens is 1. The molecule has 0 radical (unpaired) electrons. The second-order valence-corrected chi connectivity index (χ2v) is 4.10. The van der Waals surface area contributed by atoms with Gasteiger partial charge in [0, 0.05) is 12.7 Å². The molecule has 0 amide bonds. The van der Waals surface area contributed by atoms with Crippen LogP contribution in [0.15, 0.2) is 36.5 Å². The lowest BCUT2D eigenvalue weighted by Gasteiger charge is -2.05. The summed E-state index contributed by atoms with van der Waals surface area (Å²) in [7, 11) is 0. The first-order chi connectivity index (χ1) is 8.61. The molecule has 0 aliphatic carbocycles. The van der Waals surface area contributed by atoms with Crippen LogP contribution in [0.2, 0.25) is 0 Å². The number of aryl methyl sites for hydroxylation is 2. The molecular weight excluding hydrogens is 228 g/mol. The minimum Gasteiger partial charge on any atom is -0.423 e. The number of benzene rings is 1. The third-order valence-corrected chi connectivity index (χ3v) is 2.80. The van der Waals surface area contributed by atoms with Crippen LogP contribution in [-0.4, -0.2) is 10.5 Å². The fourth-order valence-corrected chi connectivity index (χ4v) is 1.70. The summed E-state index contributed by atoms with van der Waals surface area (Å²) in [4.78, 5) is 11.9. The zero-order valence-corrected chi connectivity index (χ0v) is 10.5. The number of hydrogen-bond acceptors (Lipinski definition) is 3. The first-order valence-electron chi connectivity index (χ1n) is 5.85. The fraction of sp³-hybridized carbons (Fsp3) is 0.214. The van der Waals surface area contributed by atoms with E-state index < -0.39 is 5.97 Å². The van der Waals surface area contributed by atoms with Crippen LogP contribution >= 0.6 is 0 Å². The van der Waals surface area contributed by atoms with Crippen molar-refractivity contribution in [2.24, 2.45) is 0 Å². The Hall–Kier alpha value is -2.23. The number of esters is 1. The fourth-order valence-electron chi connectivity index (χ4n) is 1.70. The standard InChI is InChI=1S/C14H16N2O2/c1-3-16-9-8-12(13(16)15)14(17)18-11-6-4-10(2)5-7-11/h4-9H,3,15H2,1-2H3. The maximum atomic E-state index is 11.9. The summed E-state index contributed by atoms with van der Waals surface area (Å²) in [5, 5.41) is 0. The molecule has 1 aromatic heterocycles. The highest BCUT2D eigenvalue weighted by Gasteiger charge is 2.15. The molecule has 0 atom stereocenters. The van der Waals surface area contributed by atoms with E-state index in [1.165, 1.54) is 0 Å². The maximum absolute atomic E-state index is 11.9. The number of anilines is 1. The predicted octanol–water partition coefficient (Wildman–Crippen LogP) is 2.62. The minimum atomic E-state index is -0.427. The number of rotatable bonds is 3. The van der Waals surface area contributed by atoms with Gasteiger partial charge >= 0.3 is 5.97 Å². The quantitative estimate of drug-likeness (QED) is 0.667. The molecule has 0 saturated heterocycles. The van der Waals surface area contributed by atoms with Gasteiger partial charge in [-0.1, -0.05) is 17.7 Å². The summed E-state index contributed by atoms with van der Waals surface area (Å²) in [5.74, 6) is 0.535. The van der Waals surface area contributed by atoms with Crippen LogP contribution in [0.3, 0.4) is 0 Å². The van der Waals surface area contributed by atoms with Crippen LogP contribution in [0, 0.1) is 6.92 Å². The molecule has 2 rings (SSSR count). The molecule has 0 aliphatic rings. The van der Waals surface area contributed by atoms with E-state index in [0.29, 0.717) is 17.1 Å². The van der Waals surface area contributed by atoms with E-state index in [2.05, 4.69) is 0 Å². The summed E-state index contributed by atoms with van der Waals surface area (Å²) >= 11 is 0. The molecular formula is C14H16N2O2. The third-order valence-electron chi connectivity index (χ3n) is 2.80. The highest BCUT2D eigenvalue weighted by Crippen LogP contribution is 2.18. The van der Waals surface area contributed by atoms with Crippen LogP contribution in [0.1, 0.15) is 22.8 Å². The van der Waals surface area contributed by atoms with Gasteiger partial charge in [-0.3, -0.25) is 0 Å². The second kappa shape index (κ2) is 4.96. The van der Waals surface area contributed by atoms with Crippen LogP contribution in [-0.2, 0) is 6.54 Å². The van der Waals surface area contributed by atoms with Crippen LogP contribution < -0.4 is 10.5 Å². The van der Waals surface area contributed by atoms with Crippen molar-refractivity contribution >= 4 is 11.8 Å². The lowest BCUT2D eigenvalue weighted by atomic mass is 10.2. The number of nitrogen functional groups attached to an aromatic ring is 1. The van der Waals surface area contributed by atoms with Gasteiger partial charge in [0.25, 0.3) is 0 Å². The van der Waals surface area contributed by atoms with Gasteiger partial charge < -0.3 is 15.0 Å². The summed E-state index contributed by atoms with van der Waals surface area (Å²) in [5.41, 5.74) is 7.37. The molecule has 0 aliphatic heterocycles. The molecule has 0 saturated carbocycles. The Balaban J connectivity index is 2.16. The van der Waals surface area contributed by atoms with E-state index >= 15 is 0 Å². The van der Waals surface area contributed by atoms with Gasteiger partial charge in [0.05, 0.1) is 0 Å². The van der Waals surface area contributed by atoms with E-state index in [9.17, 15) is 4.79 Å². The average molecular weight is 244 g/mol. The van der Waals surface area contributed by atoms with Crippen molar-refractivity contribution in [2.75, 3.05) is 5.73 Å². The molecule has 0 unspecified atom stereocenters. The Morgan fingerprint density at radius 3 is 2.50 bits per heavy atom. The summed E-state index contributed by atoms with van der Waals surface area (Å²) in [6.07, 6.45) is 1.78. The molecule has 4 heteroatoms. The number of carbonyl (C=O) groups excluding carboxylic acids is 1. The number of carbonyl (C=O) groups is 1. The summed E-state index contributed by atoms with van der Waals surface area (Å²) < 4.78 is 7.06. The smallest absolute Gasteiger partial charge is 0.347 e. The maximum Gasteiger partial charge on any atom is 0.347 e. The van der Waals surface area contributed by atoms with Gasteiger partial charge in [-0.25, -0.2) is 4.79 Å². The molecule has 18 heavy (non-hydrogen) atoms. The largest absolute Gasteiger partial charge is 0.423 e. The molecule has 2 N–H and O–H groups in total. The van der Waals surface area contributed by atoms with Crippen molar-refractivity contribution < 1.29 is 9.53 Å². The Morgan fingerprint density at radius 2 is 1.94 bits per heavy atom. The zero-order chi connectivity index (χ0) is 13.1. The topological polar surface area (TPSA) is 57.2 Å². The molecule has 1 aromatic carbocycles. The SMILES string of the molecule is CCn1ccc(C(=O)Oc2ccc(C)cc2)c1N. The Morgan fingerprint density at radius 1 is 1.28 bits per heavy atom. The highest BCUT2D eigenvalue weighted by atomic mass is 16.5. The normalized spacial score (nSPS) is 10.3. The van der Waals surface area contributed by atoms with Crippen molar-refractivity contribution in [1.82, 2.24) is 4.57 Å². The van der Waals surface area contributed by atoms with Crippen molar-refractivity contribution in [3.8, 4) is 5.75 Å². The monoisotopic (exact) mass is 244 g/mol. The molecule has 0 fully saturated rings. The number of nitrogens with zero attached hydrogens (tertiary/aromatic N) is 1. The zero-order valence-electron chi connectivity index (χ0n) is 10.5. The highest BCUT2D eigenvalue weighted by molar-refractivity contribution is 5.95. The Kier molecular flexibility index (Phi) is 3.37. The van der Waals surface area contributed by atoms with Crippen LogP contribution in [0.25, 0.3) is 0 Å². The van der Waals surface area contributed by atoms with Gasteiger partial charge in [0.1, 0.15) is 17.1 Å². The second-order valence-electron chi connectivity index (χ2n) is 4.10. The van der Waals surface area contributed by atoms with E-state index in [4.69, 9.17) is 10.5 Å². The molecule has 4 nitrogen and oxygen atoms in total. The summed E-state index contributed by atoms with van der Waals surface area (Å²) in [6.45, 7) is 4.67. The molecule has 2 aromatic rings. The average Bonchev–Trinajstić information content (AvgIpc) is 2.73. The molecule has 1 heterocycles. The Bertz CT molecular complexity index is 556. The first kappa shape index (κ1) is 12.2. The minimum absolute atomic E-state index is 0.400. The van der Waals surface area contributed by atoms with E-state index in [-0.39, 0.29) is 0 Å². The number of nitrogens with two attached hydrogens (primary N) is 1. The summed E-state index contributed by atoms with van der Waals surface area (Å²) in [6, 6.07) is 8.99. The first-order valence-corrected chi connectivity index (χ1v) is 5.85. The van der Waals surface area contributed by atoms with Gasteiger partial charge in [-0.05, 0) is 32.0 Å². The number of ether oxygens (including phenoxy) is 1. The lowest BCUT2D eigenvalue weighted by molar-refractivity contribution is 0.0736. The van der Waals surface area contributed by atoms with Crippen molar-refractivity contribution in [2.45, 2.75) is 20.4 Å². The molecule has 94 valence electrons. The van der Waals surface area contributed by atoms with Gasteiger partial charge in [0.15, 0.2) is 0 Å². The van der Waals surface area contributed by atoms with Gasteiger partial charge in [-0.2, -0.15) is 0 Å². The van der Waals surface area contributed by atoms with Crippen molar-refractivity contribution in [1.29, 1.82) is 0 Å². The van der Waals surface area contributed by atoms with Gasteiger partial charge in [0.2, 0.25) is 0 Å². The Labute approximate surface area is 106 Å². The number of hydrogen-bond donors (Lipinski definition) is 1. The van der Waals surface area contributed by atoms with Crippen LogP contribution in [0.4, 0.5) is 5.82 Å². The van der Waals surface area contributed by atoms with E-state index in [0.717, 1.165) is 12.1 Å². The molecule has 0 spiro atoms. The van der Waals surface area contributed by atoms with Crippen molar-refractivity contribution in [3.05, 3.63) is 47.7 Å². The van der Waals surface area contributed by atoms with Gasteiger partial charge in [-0.15, -0.1) is 0 Å². The molecule has 0 bridgehead atoms. The predicted molar refractivity (Wildman–Crippen MR) is 70.7 cm³/mol.